The van der Waals surface area contributed by atoms with Crippen LogP contribution in [0.25, 0.3) is 0 Å². The van der Waals surface area contributed by atoms with Crippen LogP contribution in [0, 0.1) is 23.6 Å². The summed E-state index contributed by atoms with van der Waals surface area (Å²) in [6, 6.07) is 2.23. The maximum absolute atomic E-state index is 14.0. The van der Waals surface area contributed by atoms with Crippen molar-refractivity contribution in [1.29, 1.82) is 0 Å². The van der Waals surface area contributed by atoms with E-state index in [-0.39, 0.29) is 22.5 Å². The minimum absolute atomic E-state index is 0.00240. The molecule has 1 N–H and O–H groups in total. The molecule has 1 aromatic carbocycles. The number of halogens is 2. The van der Waals surface area contributed by atoms with E-state index in [4.69, 9.17) is 26.2 Å². The number of methoxy groups -OCH3 is 1. The van der Waals surface area contributed by atoms with Gasteiger partial charge in [-0.15, -0.1) is 0 Å². The summed E-state index contributed by atoms with van der Waals surface area (Å²) < 4.78 is 25.9. The van der Waals surface area contributed by atoms with E-state index in [9.17, 15) is 9.18 Å². The highest BCUT2D eigenvalue weighted by molar-refractivity contribution is 6.32. The van der Waals surface area contributed by atoms with Gasteiger partial charge < -0.3 is 14.6 Å². The van der Waals surface area contributed by atoms with E-state index in [2.05, 4.69) is 0 Å². The lowest BCUT2D eigenvalue weighted by molar-refractivity contribution is -0.182. The lowest BCUT2D eigenvalue weighted by Gasteiger charge is -2.58. The van der Waals surface area contributed by atoms with Gasteiger partial charge in [0.15, 0.2) is 0 Å². The summed E-state index contributed by atoms with van der Waals surface area (Å²) in [5, 5.41) is 9.11. The fraction of sp³-hybridized carbons (Fsp3) is 0.611. The summed E-state index contributed by atoms with van der Waals surface area (Å²) in [6.45, 7) is 0. The molecule has 4 bridgehead atoms. The Morgan fingerprint density at radius 2 is 1.96 bits per heavy atom. The van der Waals surface area contributed by atoms with Crippen LogP contribution in [-0.2, 0) is 4.74 Å². The van der Waals surface area contributed by atoms with Gasteiger partial charge in [-0.3, -0.25) is 0 Å². The van der Waals surface area contributed by atoms with Crippen LogP contribution in [0.5, 0.6) is 5.75 Å². The van der Waals surface area contributed by atoms with Crippen molar-refractivity contribution in [3.8, 4) is 5.75 Å². The zero-order chi connectivity index (χ0) is 17.1. The summed E-state index contributed by atoms with van der Waals surface area (Å²) >= 11 is 6.13. The topological polar surface area (TPSA) is 55.8 Å². The average molecular weight is 355 g/mol. The molecule has 0 spiro atoms. The second-order valence-electron chi connectivity index (χ2n) is 7.51. The molecule has 1 aromatic rings. The van der Waals surface area contributed by atoms with E-state index in [0.717, 1.165) is 44.2 Å². The second-order valence-corrected chi connectivity index (χ2v) is 7.91. The summed E-state index contributed by atoms with van der Waals surface area (Å²) in [5.41, 5.74) is -0.450. The van der Waals surface area contributed by atoms with Gasteiger partial charge in [0.1, 0.15) is 17.7 Å². The summed E-state index contributed by atoms with van der Waals surface area (Å²) in [6.07, 6.45) is 5.28. The van der Waals surface area contributed by atoms with E-state index in [0.29, 0.717) is 17.8 Å². The Balaban J connectivity index is 1.59. The fourth-order valence-electron chi connectivity index (χ4n) is 5.27. The summed E-state index contributed by atoms with van der Waals surface area (Å²) in [4.78, 5) is 11.0. The molecule has 0 aromatic heterocycles. The number of aromatic carboxylic acids is 1. The normalized spacial score (nSPS) is 36.8. The van der Waals surface area contributed by atoms with Crippen LogP contribution in [0.4, 0.5) is 4.39 Å². The first-order valence-corrected chi connectivity index (χ1v) is 8.73. The highest BCUT2D eigenvalue weighted by Gasteiger charge is 2.56. The first-order chi connectivity index (χ1) is 11.4. The van der Waals surface area contributed by atoms with Crippen molar-refractivity contribution in [2.24, 2.45) is 17.8 Å². The molecule has 4 aliphatic carbocycles. The molecule has 0 amide bonds. The van der Waals surface area contributed by atoms with Crippen molar-refractivity contribution >= 4 is 17.6 Å². The second kappa shape index (κ2) is 5.60. The van der Waals surface area contributed by atoms with Crippen molar-refractivity contribution < 1.29 is 23.8 Å². The summed E-state index contributed by atoms with van der Waals surface area (Å²) in [7, 11) is 1.79. The first kappa shape index (κ1) is 16.2. The molecule has 4 aliphatic rings. The number of rotatable bonds is 4. The zero-order valence-electron chi connectivity index (χ0n) is 13.4. The van der Waals surface area contributed by atoms with Gasteiger partial charge in [0.25, 0.3) is 0 Å². The first-order valence-electron chi connectivity index (χ1n) is 8.35. The molecule has 24 heavy (non-hydrogen) atoms. The van der Waals surface area contributed by atoms with Crippen molar-refractivity contribution in [3.05, 3.63) is 28.5 Å². The maximum atomic E-state index is 14.0. The van der Waals surface area contributed by atoms with E-state index in [1.165, 1.54) is 0 Å². The number of ether oxygens (including phenoxy) is 2. The standard InChI is InChI=1S/C18H20ClFO4/c1-23-18-6-9-2-10(7-18)16(11(3-9)8-18)24-15-5-14(20)12(17(21)22)4-13(15)19/h4-5,9-11,16H,2-3,6-8H2,1H3,(H,21,22)/t9?,10?,11?,16-,18-. The van der Waals surface area contributed by atoms with Crippen molar-refractivity contribution in [2.75, 3.05) is 7.11 Å². The van der Waals surface area contributed by atoms with Crippen LogP contribution in [-0.4, -0.2) is 29.9 Å². The smallest absolute Gasteiger partial charge is 0.338 e. The molecule has 0 aliphatic heterocycles. The van der Waals surface area contributed by atoms with Gasteiger partial charge in [0.05, 0.1) is 16.2 Å². The highest BCUT2D eigenvalue weighted by Crippen LogP contribution is 2.58. The Kier molecular flexibility index (Phi) is 3.77. The summed E-state index contributed by atoms with van der Waals surface area (Å²) in [5.74, 6) is -0.465. The fourth-order valence-corrected chi connectivity index (χ4v) is 5.48. The molecule has 2 unspecified atom stereocenters. The largest absolute Gasteiger partial charge is 0.488 e. The Hall–Kier alpha value is -1.33. The average Bonchev–Trinajstić information content (AvgIpc) is 2.52. The number of benzene rings is 1. The van der Waals surface area contributed by atoms with Gasteiger partial charge in [-0.05, 0) is 55.9 Å². The zero-order valence-corrected chi connectivity index (χ0v) is 14.2. The quantitative estimate of drug-likeness (QED) is 0.882. The molecule has 4 fully saturated rings. The number of carboxylic acid groups (broad SMARTS) is 1. The van der Waals surface area contributed by atoms with Crippen molar-refractivity contribution in [3.63, 3.8) is 0 Å². The predicted octanol–water partition coefficient (Wildman–Crippen LogP) is 4.15. The minimum atomic E-state index is -1.34. The van der Waals surface area contributed by atoms with Crippen molar-refractivity contribution in [1.82, 2.24) is 0 Å². The van der Waals surface area contributed by atoms with Crippen LogP contribution in [0.1, 0.15) is 42.5 Å². The predicted molar refractivity (Wildman–Crippen MR) is 86.1 cm³/mol. The minimum Gasteiger partial charge on any atom is -0.488 e. The lowest BCUT2D eigenvalue weighted by atomic mass is 9.53. The molecular weight excluding hydrogens is 335 g/mol. The van der Waals surface area contributed by atoms with Gasteiger partial charge in [0, 0.05) is 13.2 Å². The van der Waals surface area contributed by atoms with Crippen LogP contribution < -0.4 is 4.74 Å². The van der Waals surface area contributed by atoms with E-state index >= 15 is 0 Å². The number of carboxylic acids is 1. The number of hydrogen-bond acceptors (Lipinski definition) is 3. The van der Waals surface area contributed by atoms with E-state index in [1.807, 2.05) is 0 Å². The van der Waals surface area contributed by atoms with Crippen molar-refractivity contribution in [2.45, 2.75) is 43.8 Å². The van der Waals surface area contributed by atoms with Crippen LogP contribution in [0.15, 0.2) is 12.1 Å². The Labute approximate surface area is 144 Å². The highest BCUT2D eigenvalue weighted by atomic mass is 35.5. The van der Waals surface area contributed by atoms with Crippen LogP contribution in [0.3, 0.4) is 0 Å². The van der Waals surface area contributed by atoms with Gasteiger partial charge in [0.2, 0.25) is 0 Å². The molecule has 0 heterocycles. The van der Waals surface area contributed by atoms with Gasteiger partial charge in [-0.25, -0.2) is 9.18 Å². The molecule has 2 atom stereocenters. The monoisotopic (exact) mass is 354 g/mol. The van der Waals surface area contributed by atoms with Crippen LogP contribution in [0.2, 0.25) is 5.02 Å². The SMILES string of the molecule is CO[C@]12CC3CC(C1)[C@@H](Oc1cc(F)c(C(=O)O)cc1Cl)C(C3)C2. The molecule has 0 radical (unpaired) electrons. The van der Waals surface area contributed by atoms with Gasteiger partial charge in [-0.2, -0.15) is 0 Å². The van der Waals surface area contributed by atoms with Gasteiger partial charge >= 0.3 is 5.97 Å². The Morgan fingerprint density at radius 1 is 1.29 bits per heavy atom. The molecule has 6 heteroatoms. The molecule has 4 saturated carbocycles. The third-order valence-electron chi connectivity index (χ3n) is 6.08. The number of carbonyl (C=O) groups is 1. The van der Waals surface area contributed by atoms with E-state index in [1.54, 1.807) is 7.11 Å². The molecule has 130 valence electrons. The third-order valence-corrected chi connectivity index (χ3v) is 6.37. The van der Waals surface area contributed by atoms with E-state index < -0.39 is 17.3 Å². The molecule has 4 nitrogen and oxygen atoms in total. The number of hydrogen-bond donors (Lipinski definition) is 1. The Morgan fingerprint density at radius 3 is 2.54 bits per heavy atom. The third kappa shape index (κ3) is 2.49. The molecular formula is C18H20ClFO4. The molecule has 0 saturated heterocycles. The van der Waals surface area contributed by atoms with Gasteiger partial charge in [-0.1, -0.05) is 11.6 Å². The molecule has 5 rings (SSSR count). The lowest BCUT2D eigenvalue weighted by Crippen LogP contribution is -2.59. The van der Waals surface area contributed by atoms with Crippen LogP contribution >= 0.6 is 11.6 Å². The Bertz CT molecular complexity index is 676. The maximum Gasteiger partial charge on any atom is 0.338 e.